The summed E-state index contributed by atoms with van der Waals surface area (Å²) in [4.78, 5) is 0. The van der Waals surface area contributed by atoms with Gasteiger partial charge < -0.3 is 5.11 Å². The van der Waals surface area contributed by atoms with Crippen LogP contribution >= 0.6 is 0 Å². The van der Waals surface area contributed by atoms with Crippen LogP contribution in [0, 0.1) is 0 Å². The van der Waals surface area contributed by atoms with Crippen molar-refractivity contribution >= 4 is 0 Å². The number of rotatable bonds is 1. The molecule has 0 fully saturated rings. The molecule has 1 unspecified atom stereocenters. The van der Waals surface area contributed by atoms with Crippen LogP contribution < -0.4 is 0 Å². The minimum absolute atomic E-state index is 5.24. The molecule has 0 amide bonds. The van der Waals surface area contributed by atoms with Crippen LogP contribution in [0.5, 0.6) is 0 Å². The SMILES string of the molecule is OC(C(F)(F)F)C(F)(C(F)(F)F)C(F)(F)F. The fraction of sp³-hybridized carbons (Fsp3) is 1.00. The molecule has 0 spiro atoms. The topological polar surface area (TPSA) is 20.2 Å². The molecule has 98 valence electrons. The first-order chi connectivity index (χ1) is 6.65. The Morgan fingerprint density at radius 2 is 0.875 bits per heavy atom. The molecule has 0 aliphatic rings. The maximum Gasteiger partial charge on any atom is 0.434 e. The van der Waals surface area contributed by atoms with E-state index in [1.165, 1.54) is 0 Å². The molecule has 11 heteroatoms. The standard InChI is InChI=1S/C5H2F10O/c6-2(4(10,11)12,5(13,14)15)1(16)3(7,8)9/h1,16H. The summed E-state index contributed by atoms with van der Waals surface area (Å²) in [6, 6.07) is 0. The highest BCUT2D eigenvalue weighted by Crippen LogP contribution is 2.51. The van der Waals surface area contributed by atoms with E-state index in [-0.39, 0.29) is 0 Å². The van der Waals surface area contributed by atoms with Gasteiger partial charge in [0.25, 0.3) is 0 Å². The second-order valence-corrected chi connectivity index (χ2v) is 2.65. The van der Waals surface area contributed by atoms with Gasteiger partial charge in [0.15, 0.2) is 0 Å². The average Bonchev–Trinajstić information content (AvgIpc) is 1.95. The maximum absolute atomic E-state index is 12.5. The Balaban J connectivity index is 5.63. The number of aliphatic hydroxyl groups is 1. The first-order valence-electron chi connectivity index (χ1n) is 3.23. The van der Waals surface area contributed by atoms with Gasteiger partial charge in [0.2, 0.25) is 6.10 Å². The molecule has 16 heavy (non-hydrogen) atoms. The summed E-state index contributed by atoms with van der Waals surface area (Å²) < 4.78 is 117. The predicted molar refractivity (Wildman–Crippen MR) is 28.0 cm³/mol. The number of hydrogen-bond donors (Lipinski definition) is 1. The van der Waals surface area contributed by atoms with Crippen molar-refractivity contribution in [1.82, 2.24) is 0 Å². The third kappa shape index (κ3) is 2.33. The van der Waals surface area contributed by atoms with Gasteiger partial charge in [0.1, 0.15) is 0 Å². The van der Waals surface area contributed by atoms with E-state index in [9.17, 15) is 43.9 Å². The van der Waals surface area contributed by atoms with Gasteiger partial charge in [-0.3, -0.25) is 0 Å². The lowest BCUT2D eigenvalue weighted by Crippen LogP contribution is -2.65. The molecule has 0 aliphatic heterocycles. The van der Waals surface area contributed by atoms with Crippen molar-refractivity contribution in [2.45, 2.75) is 30.3 Å². The zero-order valence-electron chi connectivity index (χ0n) is 6.80. The Bertz CT molecular complexity index is 231. The van der Waals surface area contributed by atoms with E-state index >= 15 is 0 Å². The van der Waals surface area contributed by atoms with Crippen LogP contribution in [-0.2, 0) is 0 Å². The minimum atomic E-state index is -6.94. The molecule has 0 saturated heterocycles. The summed E-state index contributed by atoms with van der Waals surface area (Å²) >= 11 is 0. The summed E-state index contributed by atoms with van der Waals surface area (Å²) in [5.41, 5.74) is -6.75. The van der Waals surface area contributed by atoms with Crippen molar-refractivity contribution < 1.29 is 49.0 Å². The van der Waals surface area contributed by atoms with E-state index in [4.69, 9.17) is 5.11 Å². The zero-order valence-corrected chi connectivity index (χ0v) is 6.80. The molecule has 0 aromatic heterocycles. The molecule has 1 atom stereocenters. The highest BCUT2D eigenvalue weighted by Gasteiger charge is 2.80. The number of hydrogen-bond acceptors (Lipinski definition) is 1. The minimum Gasteiger partial charge on any atom is -0.380 e. The van der Waals surface area contributed by atoms with Gasteiger partial charge in [0.05, 0.1) is 0 Å². The zero-order chi connectivity index (χ0) is 13.6. The monoisotopic (exact) mass is 268 g/mol. The van der Waals surface area contributed by atoms with Gasteiger partial charge in [-0.15, -0.1) is 0 Å². The van der Waals surface area contributed by atoms with Crippen molar-refractivity contribution in [3.05, 3.63) is 0 Å². The Morgan fingerprint density at radius 1 is 0.625 bits per heavy atom. The van der Waals surface area contributed by atoms with Crippen molar-refractivity contribution in [3.8, 4) is 0 Å². The largest absolute Gasteiger partial charge is 0.434 e. The van der Waals surface area contributed by atoms with Crippen molar-refractivity contribution in [2.24, 2.45) is 0 Å². The van der Waals surface area contributed by atoms with Crippen LogP contribution in [0.4, 0.5) is 43.9 Å². The second-order valence-electron chi connectivity index (χ2n) is 2.65. The Labute approximate surface area is 80.6 Å². The average molecular weight is 268 g/mol. The molecule has 0 aromatic carbocycles. The van der Waals surface area contributed by atoms with Gasteiger partial charge in [-0.2, -0.15) is 39.5 Å². The quantitative estimate of drug-likeness (QED) is 0.725. The van der Waals surface area contributed by atoms with Crippen molar-refractivity contribution in [1.29, 1.82) is 0 Å². The molecule has 1 N–H and O–H groups in total. The van der Waals surface area contributed by atoms with E-state index < -0.39 is 30.3 Å². The van der Waals surface area contributed by atoms with Crippen LogP contribution in [-0.4, -0.2) is 35.4 Å². The van der Waals surface area contributed by atoms with E-state index in [2.05, 4.69) is 0 Å². The molecule has 0 aromatic rings. The Hall–Kier alpha value is -0.740. The number of alkyl halides is 10. The molecule has 1 nitrogen and oxygen atoms in total. The summed E-state index contributed by atoms with van der Waals surface area (Å²) in [5, 5.41) is 7.84. The lowest BCUT2D eigenvalue weighted by atomic mass is 9.97. The molecule has 0 heterocycles. The van der Waals surface area contributed by atoms with Gasteiger partial charge in [0, 0.05) is 0 Å². The van der Waals surface area contributed by atoms with Gasteiger partial charge >= 0.3 is 24.2 Å². The van der Waals surface area contributed by atoms with E-state index in [0.29, 0.717) is 0 Å². The fourth-order valence-corrected chi connectivity index (χ4v) is 0.696. The molecule has 0 aliphatic carbocycles. The normalized spacial score (nSPS) is 17.4. The van der Waals surface area contributed by atoms with E-state index in [1.807, 2.05) is 0 Å². The number of aliphatic hydroxyl groups excluding tert-OH is 1. The first-order valence-corrected chi connectivity index (χ1v) is 3.23. The molecule has 0 bridgehead atoms. The lowest BCUT2D eigenvalue weighted by molar-refractivity contribution is -0.395. The first kappa shape index (κ1) is 15.3. The summed E-state index contributed by atoms with van der Waals surface area (Å²) in [6.45, 7) is 0. The van der Waals surface area contributed by atoms with Crippen molar-refractivity contribution in [2.75, 3.05) is 0 Å². The van der Waals surface area contributed by atoms with Gasteiger partial charge in [-0.05, 0) is 0 Å². The van der Waals surface area contributed by atoms with Crippen LogP contribution in [0.3, 0.4) is 0 Å². The van der Waals surface area contributed by atoms with Crippen LogP contribution in [0.25, 0.3) is 0 Å². The smallest absolute Gasteiger partial charge is 0.380 e. The molecule has 0 rings (SSSR count). The van der Waals surface area contributed by atoms with E-state index in [0.717, 1.165) is 0 Å². The summed E-state index contributed by atoms with van der Waals surface area (Å²) in [7, 11) is 0. The molecule has 0 saturated carbocycles. The summed E-state index contributed by atoms with van der Waals surface area (Å²) in [5.74, 6) is 0. The number of halogens is 10. The fourth-order valence-electron chi connectivity index (χ4n) is 0.696. The highest BCUT2D eigenvalue weighted by atomic mass is 19.4. The molecular formula is C5H2F10O. The van der Waals surface area contributed by atoms with Crippen LogP contribution in [0.15, 0.2) is 0 Å². The predicted octanol–water partition coefficient (Wildman–Crippen LogP) is 2.74. The summed E-state index contributed by atoms with van der Waals surface area (Å²) in [6.07, 6.45) is -25.5. The van der Waals surface area contributed by atoms with Crippen LogP contribution in [0.1, 0.15) is 0 Å². The second kappa shape index (κ2) is 3.64. The van der Waals surface area contributed by atoms with E-state index in [1.54, 1.807) is 0 Å². The maximum atomic E-state index is 12.5. The molecule has 0 radical (unpaired) electrons. The Kier molecular flexibility index (Phi) is 3.47. The Morgan fingerprint density at radius 3 is 0.938 bits per heavy atom. The third-order valence-electron chi connectivity index (χ3n) is 1.51. The highest BCUT2D eigenvalue weighted by molar-refractivity contribution is 5.03. The molecular weight excluding hydrogens is 266 g/mol. The van der Waals surface area contributed by atoms with Crippen LogP contribution in [0.2, 0.25) is 0 Å². The third-order valence-corrected chi connectivity index (χ3v) is 1.51. The van der Waals surface area contributed by atoms with Crippen molar-refractivity contribution in [3.63, 3.8) is 0 Å². The van der Waals surface area contributed by atoms with Gasteiger partial charge in [-0.1, -0.05) is 0 Å². The lowest BCUT2D eigenvalue weighted by Gasteiger charge is -2.34. The van der Waals surface area contributed by atoms with Gasteiger partial charge in [-0.25, -0.2) is 4.39 Å².